The quantitative estimate of drug-likeness (QED) is 0.188. The summed E-state index contributed by atoms with van der Waals surface area (Å²) in [5, 5.41) is 11.5. The van der Waals surface area contributed by atoms with Gasteiger partial charge in [0.25, 0.3) is 0 Å². The number of hydrogen-bond donors (Lipinski definition) is 0. The molecule has 0 N–H and O–H groups in total. The summed E-state index contributed by atoms with van der Waals surface area (Å²) in [5.74, 6) is 0.463. The molecule has 0 bridgehead atoms. The highest BCUT2D eigenvalue weighted by atomic mass is 31.2. The van der Waals surface area contributed by atoms with E-state index in [1.807, 2.05) is 46.6 Å². The molecule has 0 aliphatic carbocycles. The zero-order valence-corrected chi connectivity index (χ0v) is 19.0. The van der Waals surface area contributed by atoms with E-state index in [1.165, 1.54) is 12.3 Å². The number of rotatable bonds is 9. The molecule has 2 aliphatic rings. The van der Waals surface area contributed by atoms with Crippen LogP contribution in [0.25, 0.3) is 11.3 Å². The molecule has 2 fully saturated rings. The molecule has 3 aromatic rings. The van der Waals surface area contributed by atoms with Crippen LogP contribution in [0.4, 0.5) is 5.69 Å². The van der Waals surface area contributed by atoms with Gasteiger partial charge in [0.05, 0.1) is 23.4 Å². The van der Waals surface area contributed by atoms with Crippen molar-refractivity contribution in [3.63, 3.8) is 0 Å². The van der Waals surface area contributed by atoms with Gasteiger partial charge in [0.1, 0.15) is 5.75 Å². The lowest BCUT2D eigenvalue weighted by molar-refractivity contribution is -0.385. The van der Waals surface area contributed by atoms with Crippen molar-refractivity contribution < 1.29 is 18.7 Å². The topological polar surface area (TPSA) is 97.6 Å². The second kappa shape index (κ2) is 8.68. The molecule has 0 radical (unpaired) electrons. The van der Waals surface area contributed by atoms with E-state index in [9.17, 15) is 14.7 Å². The summed E-state index contributed by atoms with van der Waals surface area (Å²) in [5.41, 5.74) is 3.39. The fourth-order valence-electron chi connectivity index (χ4n) is 3.44. The van der Waals surface area contributed by atoms with Crippen LogP contribution in [0.2, 0.25) is 0 Å². The summed E-state index contributed by atoms with van der Waals surface area (Å²) in [6, 6.07) is 16.1. The molecule has 0 amide bonds. The van der Waals surface area contributed by atoms with E-state index in [0.29, 0.717) is 11.3 Å². The Balaban J connectivity index is 1.33. The monoisotopic (exact) mass is 466 g/mol. The highest BCUT2D eigenvalue weighted by Gasteiger charge is 2.49. The molecule has 170 valence electrons. The average molecular weight is 466 g/mol. The minimum absolute atomic E-state index is 0.0727. The summed E-state index contributed by atoms with van der Waals surface area (Å²) in [6.45, 7) is 5.12. The van der Waals surface area contributed by atoms with E-state index in [0.717, 1.165) is 43.0 Å². The normalized spacial score (nSPS) is 15.9. The number of nitro groups is 1. The molecule has 0 atom stereocenters. The van der Waals surface area contributed by atoms with Gasteiger partial charge >= 0.3 is 13.4 Å². The third-order valence-electron chi connectivity index (χ3n) is 5.49. The lowest BCUT2D eigenvalue weighted by Gasteiger charge is -2.19. The highest BCUT2D eigenvalue weighted by Crippen LogP contribution is 2.61. The number of benzene rings is 2. The van der Waals surface area contributed by atoms with Crippen LogP contribution >= 0.6 is 7.67 Å². The third kappa shape index (κ3) is 4.82. The number of pyridine rings is 1. The van der Waals surface area contributed by atoms with Crippen LogP contribution in [-0.2, 0) is 15.7 Å². The van der Waals surface area contributed by atoms with Crippen molar-refractivity contribution >= 4 is 13.4 Å². The van der Waals surface area contributed by atoms with Crippen molar-refractivity contribution in [3.8, 4) is 22.8 Å². The summed E-state index contributed by atoms with van der Waals surface area (Å²) in [6.07, 6.45) is 1.54. The molecular weight excluding hydrogens is 443 g/mol. The maximum Gasteiger partial charge on any atom is 0.346 e. The fraction of sp³-hybridized carbons (Fsp3) is 0.261. The molecule has 2 aliphatic heterocycles. The highest BCUT2D eigenvalue weighted by molar-refractivity contribution is 7.54. The molecule has 5 rings (SSSR count). The van der Waals surface area contributed by atoms with Crippen molar-refractivity contribution in [3.05, 3.63) is 82.0 Å². The first-order valence-corrected chi connectivity index (χ1v) is 12.2. The Morgan fingerprint density at radius 3 is 2.30 bits per heavy atom. The second-order valence-electron chi connectivity index (χ2n) is 8.08. The minimum atomic E-state index is -2.98. The maximum absolute atomic E-state index is 13.1. The summed E-state index contributed by atoms with van der Waals surface area (Å²) >= 11 is 0. The summed E-state index contributed by atoms with van der Waals surface area (Å²) < 4.78 is 28.4. The minimum Gasteiger partial charge on any atom is -0.448 e. The zero-order valence-electron chi connectivity index (χ0n) is 18.1. The second-order valence-corrected chi connectivity index (χ2v) is 10.4. The Kier molecular flexibility index (Phi) is 5.72. The van der Waals surface area contributed by atoms with E-state index in [2.05, 4.69) is 4.98 Å². The van der Waals surface area contributed by atoms with Crippen molar-refractivity contribution in [2.45, 2.75) is 13.5 Å². The van der Waals surface area contributed by atoms with E-state index < -0.39 is 12.6 Å². The smallest absolute Gasteiger partial charge is 0.346 e. The number of aryl methyl sites for hydroxylation is 1. The van der Waals surface area contributed by atoms with Gasteiger partial charge in [-0.2, -0.15) is 0 Å². The average Bonchev–Trinajstić information content (AvgIpc) is 3.71. The molecule has 33 heavy (non-hydrogen) atoms. The van der Waals surface area contributed by atoms with Crippen molar-refractivity contribution in [2.75, 3.05) is 26.2 Å². The Morgan fingerprint density at radius 2 is 1.73 bits per heavy atom. The van der Waals surface area contributed by atoms with E-state index in [4.69, 9.17) is 9.26 Å². The number of nitro benzene ring substituents is 1. The van der Waals surface area contributed by atoms with Crippen LogP contribution in [0.5, 0.6) is 11.5 Å². The molecule has 2 aromatic carbocycles. The van der Waals surface area contributed by atoms with E-state index >= 15 is 0 Å². The van der Waals surface area contributed by atoms with E-state index in [-0.39, 0.29) is 18.0 Å². The van der Waals surface area contributed by atoms with Crippen molar-refractivity contribution in [1.82, 2.24) is 14.3 Å². The predicted molar refractivity (Wildman–Crippen MR) is 123 cm³/mol. The summed E-state index contributed by atoms with van der Waals surface area (Å²) in [4.78, 5) is 15.5. The van der Waals surface area contributed by atoms with E-state index in [1.54, 1.807) is 18.2 Å². The van der Waals surface area contributed by atoms with Crippen molar-refractivity contribution in [1.29, 1.82) is 0 Å². The third-order valence-corrected chi connectivity index (χ3v) is 8.19. The molecule has 1 aromatic heterocycles. The standard InChI is InChI=1S/C23H23N4O5P/c1-17-2-5-19(6-3-17)21-8-7-20(15-24-21)32-23-14-18(4-9-22(23)27(28)29)16-31-33(30,25-10-11-25)26-12-13-26/h2-9,14-15H,10-13,16H2,1H3. The first-order valence-electron chi connectivity index (χ1n) is 10.7. The molecule has 0 unspecified atom stereocenters. The van der Waals surface area contributed by atoms with Crippen molar-refractivity contribution in [2.24, 2.45) is 0 Å². The van der Waals surface area contributed by atoms with Gasteiger partial charge in [0.15, 0.2) is 0 Å². The van der Waals surface area contributed by atoms with Gasteiger partial charge in [-0.1, -0.05) is 29.8 Å². The Bertz CT molecular complexity index is 1210. The number of hydrogen-bond acceptors (Lipinski definition) is 6. The van der Waals surface area contributed by atoms with Crippen LogP contribution in [-0.4, -0.2) is 45.4 Å². The van der Waals surface area contributed by atoms with Gasteiger partial charge in [-0.15, -0.1) is 0 Å². The molecular formula is C23H23N4O5P. The SMILES string of the molecule is Cc1ccc(-c2ccc(Oc3cc(COP(=O)(N4CC4)N4CC4)ccc3[N+](=O)[O-])cn2)cc1. The van der Waals surface area contributed by atoms with Gasteiger partial charge in [-0.3, -0.25) is 19.7 Å². The van der Waals surface area contributed by atoms with Gasteiger partial charge in [0, 0.05) is 37.8 Å². The lowest BCUT2D eigenvalue weighted by Crippen LogP contribution is -2.08. The maximum atomic E-state index is 13.1. The van der Waals surface area contributed by atoms with Crippen LogP contribution in [0, 0.1) is 17.0 Å². The Morgan fingerprint density at radius 1 is 1.03 bits per heavy atom. The van der Waals surface area contributed by atoms with Crippen LogP contribution in [0.1, 0.15) is 11.1 Å². The first kappa shape index (κ1) is 21.7. The molecule has 0 spiro atoms. The predicted octanol–water partition coefficient (Wildman–Crippen LogP) is 5.01. The van der Waals surface area contributed by atoms with Gasteiger partial charge in [0.2, 0.25) is 5.75 Å². The number of ether oxygens (including phenoxy) is 1. The molecule has 10 heteroatoms. The van der Waals surface area contributed by atoms with Gasteiger partial charge < -0.3 is 9.26 Å². The molecule has 2 saturated heterocycles. The first-order chi connectivity index (χ1) is 15.9. The van der Waals surface area contributed by atoms with Crippen LogP contribution in [0.15, 0.2) is 60.8 Å². The van der Waals surface area contributed by atoms with Crippen LogP contribution < -0.4 is 4.74 Å². The molecule has 3 heterocycles. The fourth-order valence-corrected chi connectivity index (χ4v) is 5.63. The lowest BCUT2D eigenvalue weighted by atomic mass is 10.1. The Labute approximate surface area is 191 Å². The zero-order chi connectivity index (χ0) is 23.0. The number of aromatic nitrogens is 1. The molecule has 0 saturated carbocycles. The Hall–Kier alpha value is -3.10. The van der Waals surface area contributed by atoms with Gasteiger partial charge in [-0.05, 0) is 36.8 Å². The van der Waals surface area contributed by atoms with Gasteiger partial charge in [-0.25, -0.2) is 9.34 Å². The number of nitrogens with zero attached hydrogens (tertiary/aromatic N) is 4. The molecule has 9 nitrogen and oxygen atoms in total. The van der Waals surface area contributed by atoms with Crippen LogP contribution in [0.3, 0.4) is 0 Å². The summed E-state index contributed by atoms with van der Waals surface area (Å²) in [7, 11) is -2.98. The largest absolute Gasteiger partial charge is 0.448 e.